The fourth-order valence-corrected chi connectivity index (χ4v) is 2.26. The highest BCUT2D eigenvalue weighted by molar-refractivity contribution is 6.30. The highest BCUT2D eigenvalue weighted by atomic mass is 35.5. The van der Waals surface area contributed by atoms with Gasteiger partial charge in [-0.1, -0.05) is 11.6 Å². The van der Waals surface area contributed by atoms with E-state index in [4.69, 9.17) is 11.6 Å². The fraction of sp³-hybridized carbons (Fsp3) is 0. The first kappa shape index (κ1) is 12.8. The second kappa shape index (κ2) is 4.72. The third-order valence-electron chi connectivity index (χ3n) is 3.06. The van der Waals surface area contributed by atoms with Gasteiger partial charge in [-0.2, -0.15) is 0 Å². The lowest BCUT2D eigenvalue weighted by molar-refractivity contribution is 0.103. The van der Waals surface area contributed by atoms with Crippen molar-refractivity contribution >= 4 is 28.3 Å². The van der Waals surface area contributed by atoms with Gasteiger partial charge in [-0.3, -0.25) is 4.79 Å². The Morgan fingerprint density at radius 1 is 1.05 bits per heavy atom. The first-order valence-electron chi connectivity index (χ1n) is 5.82. The lowest BCUT2D eigenvalue weighted by Gasteiger charge is -2.02. The molecule has 100 valence electrons. The molecule has 0 aliphatic rings. The molecule has 0 unspecified atom stereocenters. The molecule has 2 aromatic carbocycles. The van der Waals surface area contributed by atoms with Crippen molar-refractivity contribution in [3.63, 3.8) is 0 Å². The van der Waals surface area contributed by atoms with E-state index in [0.29, 0.717) is 16.5 Å². The third kappa shape index (κ3) is 2.08. The van der Waals surface area contributed by atoms with E-state index in [-0.39, 0.29) is 10.6 Å². The van der Waals surface area contributed by atoms with Gasteiger partial charge in [0.2, 0.25) is 0 Å². The maximum absolute atomic E-state index is 13.8. The second-order valence-electron chi connectivity index (χ2n) is 4.35. The summed E-state index contributed by atoms with van der Waals surface area (Å²) in [7, 11) is 0. The first-order chi connectivity index (χ1) is 9.56. The minimum Gasteiger partial charge on any atom is -0.360 e. The van der Waals surface area contributed by atoms with Crippen LogP contribution >= 0.6 is 11.6 Å². The minimum atomic E-state index is -0.682. The number of hydrogen-bond donors (Lipinski definition) is 1. The van der Waals surface area contributed by atoms with Crippen molar-refractivity contribution in [2.75, 3.05) is 0 Å². The summed E-state index contributed by atoms with van der Waals surface area (Å²) in [6, 6.07) is 7.90. The lowest BCUT2D eigenvalue weighted by atomic mass is 10.0. The first-order valence-corrected chi connectivity index (χ1v) is 6.20. The van der Waals surface area contributed by atoms with Gasteiger partial charge in [0.05, 0.1) is 5.56 Å². The Kier molecular flexibility index (Phi) is 3.03. The molecule has 0 amide bonds. The Hall–Kier alpha value is -2.20. The van der Waals surface area contributed by atoms with Crippen LogP contribution in [0.25, 0.3) is 10.9 Å². The number of halogens is 3. The van der Waals surface area contributed by atoms with Gasteiger partial charge in [-0.05, 0) is 36.4 Å². The topological polar surface area (TPSA) is 32.9 Å². The summed E-state index contributed by atoms with van der Waals surface area (Å²) >= 11 is 5.66. The molecule has 0 bridgehead atoms. The summed E-state index contributed by atoms with van der Waals surface area (Å²) in [5, 5.41) is 0.769. The standard InChI is InChI=1S/C15H8ClF2NO/c16-8-1-3-11(13(18)5-8)15(20)12-7-19-14-6-9(17)2-4-10(12)14/h1-7,19H. The van der Waals surface area contributed by atoms with E-state index in [1.807, 2.05) is 0 Å². The maximum Gasteiger partial charge on any atom is 0.198 e. The minimum absolute atomic E-state index is 0.0698. The van der Waals surface area contributed by atoms with Crippen LogP contribution in [0.3, 0.4) is 0 Å². The lowest BCUT2D eigenvalue weighted by Crippen LogP contribution is -2.03. The molecule has 5 heteroatoms. The Balaban J connectivity index is 2.13. The predicted molar refractivity (Wildman–Crippen MR) is 73.1 cm³/mol. The fourth-order valence-electron chi connectivity index (χ4n) is 2.10. The van der Waals surface area contributed by atoms with Crippen molar-refractivity contribution in [2.45, 2.75) is 0 Å². The van der Waals surface area contributed by atoms with Crippen molar-refractivity contribution in [1.29, 1.82) is 0 Å². The summed E-state index contributed by atoms with van der Waals surface area (Å²) in [6.45, 7) is 0. The number of fused-ring (bicyclic) bond motifs is 1. The number of rotatable bonds is 2. The highest BCUT2D eigenvalue weighted by Gasteiger charge is 2.18. The van der Waals surface area contributed by atoms with Crippen molar-refractivity contribution in [3.8, 4) is 0 Å². The second-order valence-corrected chi connectivity index (χ2v) is 4.78. The van der Waals surface area contributed by atoms with Crippen molar-refractivity contribution in [1.82, 2.24) is 4.98 Å². The summed E-state index contributed by atoms with van der Waals surface area (Å²) in [5.41, 5.74) is 0.712. The normalized spacial score (nSPS) is 10.9. The van der Waals surface area contributed by atoms with Crippen molar-refractivity contribution in [3.05, 3.63) is 70.4 Å². The van der Waals surface area contributed by atoms with E-state index in [1.165, 1.54) is 36.5 Å². The van der Waals surface area contributed by atoms with Gasteiger partial charge in [-0.15, -0.1) is 0 Å². The van der Waals surface area contributed by atoms with Gasteiger partial charge in [0, 0.05) is 27.7 Å². The molecule has 1 N–H and O–H groups in total. The van der Waals surface area contributed by atoms with Crippen LogP contribution in [0.1, 0.15) is 15.9 Å². The van der Waals surface area contributed by atoms with E-state index in [2.05, 4.69) is 4.98 Å². The molecule has 0 aliphatic carbocycles. The number of carbonyl (C=O) groups is 1. The van der Waals surface area contributed by atoms with Crippen LogP contribution in [0.5, 0.6) is 0 Å². The zero-order chi connectivity index (χ0) is 14.3. The van der Waals surface area contributed by atoms with Crippen LogP contribution in [0.2, 0.25) is 5.02 Å². The third-order valence-corrected chi connectivity index (χ3v) is 3.30. The molecule has 0 atom stereocenters. The van der Waals surface area contributed by atoms with Crippen molar-refractivity contribution < 1.29 is 13.6 Å². The van der Waals surface area contributed by atoms with Gasteiger partial charge in [0.25, 0.3) is 0 Å². The zero-order valence-corrected chi connectivity index (χ0v) is 10.8. The van der Waals surface area contributed by atoms with Crippen LogP contribution in [0.15, 0.2) is 42.6 Å². The van der Waals surface area contributed by atoms with Crippen LogP contribution in [0.4, 0.5) is 8.78 Å². The zero-order valence-electron chi connectivity index (χ0n) is 10.1. The van der Waals surface area contributed by atoms with E-state index < -0.39 is 17.4 Å². The molecule has 3 aromatic rings. The average Bonchev–Trinajstić information content (AvgIpc) is 2.80. The molecule has 0 fully saturated rings. The molecule has 0 spiro atoms. The largest absolute Gasteiger partial charge is 0.360 e. The van der Waals surface area contributed by atoms with Crippen LogP contribution < -0.4 is 0 Å². The average molecular weight is 292 g/mol. The van der Waals surface area contributed by atoms with Gasteiger partial charge in [-0.25, -0.2) is 8.78 Å². The van der Waals surface area contributed by atoms with E-state index in [9.17, 15) is 13.6 Å². The number of aromatic amines is 1. The summed E-state index contributed by atoms with van der Waals surface area (Å²) in [6.07, 6.45) is 1.44. The van der Waals surface area contributed by atoms with Crippen LogP contribution in [-0.4, -0.2) is 10.8 Å². The molecule has 0 saturated carbocycles. The molecule has 20 heavy (non-hydrogen) atoms. The van der Waals surface area contributed by atoms with E-state index in [1.54, 1.807) is 0 Å². The molecule has 1 heterocycles. The molecular formula is C15H8ClF2NO. The van der Waals surface area contributed by atoms with Gasteiger partial charge in [0.15, 0.2) is 5.78 Å². The molecule has 0 radical (unpaired) electrons. The van der Waals surface area contributed by atoms with Gasteiger partial charge >= 0.3 is 0 Å². The number of H-pyrrole nitrogens is 1. The van der Waals surface area contributed by atoms with Crippen LogP contribution in [-0.2, 0) is 0 Å². The number of benzene rings is 2. The highest BCUT2D eigenvalue weighted by Crippen LogP contribution is 2.24. The van der Waals surface area contributed by atoms with E-state index >= 15 is 0 Å². The Bertz CT molecular complexity index is 826. The summed E-state index contributed by atoms with van der Waals surface area (Å²) in [4.78, 5) is 15.1. The molecule has 3 rings (SSSR count). The molecule has 1 aromatic heterocycles. The van der Waals surface area contributed by atoms with E-state index in [0.717, 1.165) is 6.07 Å². The number of ketones is 1. The number of hydrogen-bond acceptors (Lipinski definition) is 1. The summed E-state index contributed by atoms with van der Waals surface area (Å²) in [5.74, 6) is -1.56. The monoisotopic (exact) mass is 291 g/mol. The summed E-state index contributed by atoms with van der Waals surface area (Å²) < 4.78 is 26.9. The molecule has 0 saturated heterocycles. The maximum atomic E-state index is 13.8. The number of carbonyl (C=O) groups excluding carboxylic acids is 1. The van der Waals surface area contributed by atoms with Gasteiger partial charge in [0.1, 0.15) is 11.6 Å². The smallest absolute Gasteiger partial charge is 0.198 e. The SMILES string of the molecule is O=C(c1ccc(Cl)cc1F)c1c[nH]c2cc(F)ccc12. The van der Waals surface area contributed by atoms with Crippen LogP contribution in [0, 0.1) is 11.6 Å². The Morgan fingerprint density at radius 3 is 2.60 bits per heavy atom. The number of nitrogens with one attached hydrogen (secondary N) is 1. The van der Waals surface area contributed by atoms with Crippen molar-refractivity contribution in [2.24, 2.45) is 0 Å². The quantitative estimate of drug-likeness (QED) is 0.700. The predicted octanol–water partition coefficient (Wildman–Crippen LogP) is 4.33. The molecule has 2 nitrogen and oxygen atoms in total. The molecular weight excluding hydrogens is 284 g/mol. The molecule has 0 aliphatic heterocycles. The van der Waals surface area contributed by atoms with Gasteiger partial charge < -0.3 is 4.98 Å². The Morgan fingerprint density at radius 2 is 1.85 bits per heavy atom. The number of aromatic nitrogens is 1. The Labute approximate surface area is 118 Å².